The number of aryl methyl sites for hydroxylation is 1. The fraction of sp³-hybridized carbons (Fsp3) is 0.490. The summed E-state index contributed by atoms with van der Waals surface area (Å²) in [7, 11) is 0. The normalized spacial score (nSPS) is 19.9. The molecule has 0 saturated heterocycles. The first-order chi connectivity index (χ1) is 26.0. The molecule has 0 heterocycles. The highest BCUT2D eigenvalue weighted by Crippen LogP contribution is 2.42. The van der Waals surface area contributed by atoms with Crippen molar-refractivity contribution in [2.75, 3.05) is 0 Å². The Hall–Kier alpha value is -3.85. The Morgan fingerprint density at radius 2 is 1.70 bits per heavy atom. The first-order valence-electron chi connectivity index (χ1n) is 21.0. The molecule has 0 N–H and O–H groups in total. The van der Waals surface area contributed by atoms with Crippen LogP contribution >= 0.6 is 0 Å². The number of carbonyl (C=O) groups is 3. The van der Waals surface area contributed by atoms with Gasteiger partial charge in [-0.25, -0.2) is 0 Å². The number of ketones is 3. The van der Waals surface area contributed by atoms with Crippen molar-refractivity contribution >= 4 is 35.1 Å². The molecule has 0 spiro atoms. The van der Waals surface area contributed by atoms with Crippen molar-refractivity contribution in [3.8, 4) is 0 Å². The Kier molecular flexibility index (Phi) is 16.9. The smallest absolute Gasteiger partial charge is 0.166 e. The molecule has 0 amide bonds. The predicted octanol–water partition coefficient (Wildman–Crippen LogP) is 11.6. The van der Waals surface area contributed by atoms with Crippen LogP contribution in [-0.2, 0) is 27.2 Å². The van der Waals surface area contributed by atoms with Crippen LogP contribution in [0.3, 0.4) is 0 Å². The van der Waals surface area contributed by atoms with Gasteiger partial charge >= 0.3 is 0 Å². The predicted molar refractivity (Wildman–Crippen MR) is 229 cm³/mol. The lowest BCUT2D eigenvalue weighted by molar-refractivity contribution is -0.123. The molecule has 3 unspecified atom stereocenters. The fourth-order valence-electron chi connectivity index (χ4n) is 8.59. The molecule has 3 atom stereocenters. The maximum atomic E-state index is 14.8. The first-order valence-corrected chi connectivity index (χ1v) is 21.0. The summed E-state index contributed by atoms with van der Waals surface area (Å²) in [6, 6.07) is 14.6. The molecule has 54 heavy (non-hydrogen) atoms. The molecule has 4 rings (SSSR count). The minimum atomic E-state index is 0.00154. The van der Waals surface area contributed by atoms with Crippen LogP contribution in [0.1, 0.15) is 147 Å². The fourth-order valence-corrected chi connectivity index (χ4v) is 8.59. The highest BCUT2D eigenvalue weighted by Gasteiger charge is 2.33. The van der Waals surface area contributed by atoms with Crippen molar-refractivity contribution in [1.82, 2.24) is 0 Å². The molecular weight excluding hydrogens is 661 g/mol. The summed E-state index contributed by atoms with van der Waals surface area (Å²) in [4.78, 5) is 40.9. The Morgan fingerprint density at radius 1 is 0.944 bits per heavy atom. The molecule has 1 fully saturated rings. The van der Waals surface area contributed by atoms with Crippen LogP contribution in [0.4, 0.5) is 0 Å². The maximum absolute atomic E-state index is 14.8. The number of allylic oxidation sites excluding steroid dienone is 6. The van der Waals surface area contributed by atoms with Crippen molar-refractivity contribution in [1.29, 1.82) is 0 Å². The third-order valence-electron chi connectivity index (χ3n) is 12.1. The van der Waals surface area contributed by atoms with E-state index in [4.69, 9.17) is 0 Å². The first kappa shape index (κ1) is 42.9. The molecule has 0 aliphatic heterocycles. The monoisotopic (exact) mass is 728 g/mol. The molecule has 1 radical (unpaired) electrons. The minimum absolute atomic E-state index is 0.00154. The summed E-state index contributed by atoms with van der Waals surface area (Å²) in [6.07, 6.45) is 23.5. The van der Waals surface area contributed by atoms with Gasteiger partial charge in [-0.2, -0.15) is 0 Å². The highest BCUT2D eigenvalue weighted by atomic mass is 16.1. The zero-order valence-electron chi connectivity index (χ0n) is 34.1. The van der Waals surface area contributed by atoms with Gasteiger partial charge in [0.1, 0.15) is 11.6 Å². The third-order valence-corrected chi connectivity index (χ3v) is 12.1. The van der Waals surface area contributed by atoms with E-state index < -0.39 is 0 Å². The van der Waals surface area contributed by atoms with E-state index in [0.717, 1.165) is 111 Å². The van der Waals surface area contributed by atoms with Gasteiger partial charge in [0, 0.05) is 43.1 Å². The number of hydrogen-bond donors (Lipinski definition) is 0. The minimum Gasteiger partial charge on any atom is -0.300 e. The highest BCUT2D eigenvalue weighted by molar-refractivity contribution is 6.21. The van der Waals surface area contributed by atoms with Crippen LogP contribution in [0, 0.1) is 23.7 Å². The molecule has 1 saturated carbocycles. The number of rotatable bonds is 23. The van der Waals surface area contributed by atoms with Crippen LogP contribution < -0.4 is 10.4 Å². The van der Waals surface area contributed by atoms with Gasteiger partial charge in [0.15, 0.2) is 5.78 Å². The summed E-state index contributed by atoms with van der Waals surface area (Å²) in [5.41, 5.74) is 8.28. The lowest BCUT2D eigenvalue weighted by Crippen LogP contribution is -2.32. The maximum Gasteiger partial charge on any atom is 0.166 e. The second kappa shape index (κ2) is 21.3. The van der Waals surface area contributed by atoms with E-state index in [1.807, 2.05) is 37.3 Å². The summed E-state index contributed by atoms with van der Waals surface area (Å²) >= 11 is 0. The summed E-state index contributed by atoms with van der Waals surface area (Å²) < 4.78 is 0. The van der Waals surface area contributed by atoms with Crippen LogP contribution in [0.5, 0.6) is 0 Å². The van der Waals surface area contributed by atoms with Crippen molar-refractivity contribution in [3.63, 3.8) is 0 Å². The van der Waals surface area contributed by atoms with Gasteiger partial charge in [-0.1, -0.05) is 106 Å². The van der Waals surface area contributed by atoms with Crippen LogP contribution in [0.25, 0.3) is 17.7 Å². The molecule has 0 bridgehead atoms. The number of benzene rings is 2. The van der Waals surface area contributed by atoms with Crippen molar-refractivity contribution in [2.45, 2.75) is 143 Å². The van der Waals surface area contributed by atoms with E-state index in [9.17, 15) is 14.4 Å². The average molecular weight is 728 g/mol. The van der Waals surface area contributed by atoms with Gasteiger partial charge in [-0.3, -0.25) is 14.4 Å². The van der Waals surface area contributed by atoms with E-state index in [1.54, 1.807) is 0 Å². The molecule has 289 valence electrons. The Bertz CT molecular complexity index is 1820. The zero-order chi connectivity index (χ0) is 39.1. The van der Waals surface area contributed by atoms with Crippen molar-refractivity contribution in [2.24, 2.45) is 17.3 Å². The Balaban J connectivity index is 1.48. The van der Waals surface area contributed by atoms with E-state index in [1.165, 1.54) is 22.3 Å². The van der Waals surface area contributed by atoms with Crippen LogP contribution in [-0.4, -0.2) is 17.3 Å². The molecule has 2 aliphatic carbocycles. The van der Waals surface area contributed by atoms with Crippen LogP contribution in [0.2, 0.25) is 0 Å². The molecule has 2 aliphatic rings. The van der Waals surface area contributed by atoms with Crippen molar-refractivity contribution < 1.29 is 14.4 Å². The quantitative estimate of drug-likeness (QED) is 0.0846. The molecule has 2 aromatic rings. The molecule has 2 aromatic carbocycles. The number of hydrogen-bond acceptors (Lipinski definition) is 3. The Morgan fingerprint density at radius 3 is 2.39 bits per heavy atom. The van der Waals surface area contributed by atoms with E-state index >= 15 is 0 Å². The SMILES string of the molecule is C=CCCC(Cc1ccc(CCC(=O)CCCC(=C(/C)CCC)/C(C(=O)C2CCCC(C)(CCC=C)CC2)=c2/ccccc2=C)cc1C1=C[CH]1)C(=O)CC. The van der Waals surface area contributed by atoms with Gasteiger partial charge in [0.05, 0.1) is 0 Å². The second-order valence-corrected chi connectivity index (χ2v) is 16.4. The van der Waals surface area contributed by atoms with Gasteiger partial charge in [-0.05, 0) is 134 Å². The summed E-state index contributed by atoms with van der Waals surface area (Å²) in [5, 5.41) is 1.84. The lowest BCUT2D eigenvalue weighted by Gasteiger charge is -2.27. The second-order valence-electron chi connectivity index (χ2n) is 16.4. The molecule has 3 heteroatoms. The van der Waals surface area contributed by atoms with Gasteiger partial charge in [-0.15, -0.1) is 13.2 Å². The van der Waals surface area contributed by atoms with E-state index in [-0.39, 0.29) is 28.8 Å². The van der Waals surface area contributed by atoms with Gasteiger partial charge in [0.2, 0.25) is 0 Å². The molecule has 3 nitrogen and oxygen atoms in total. The third kappa shape index (κ3) is 12.3. The average Bonchev–Trinajstić information content (AvgIpc) is 4.03. The number of Topliss-reactive ketones (excluding diaryl/α,β-unsaturated/α-hetero) is 3. The lowest BCUT2D eigenvalue weighted by atomic mass is 9.77. The van der Waals surface area contributed by atoms with Crippen LogP contribution in [0.15, 0.2) is 85.0 Å². The molecule has 0 aromatic heterocycles. The topological polar surface area (TPSA) is 51.2 Å². The number of carbonyl (C=O) groups excluding carboxylic acids is 3. The molecular formula is C51H67O3. The van der Waals surface area contributed by atoms with E-state index in [2.05, 4.69) is 77.3 Å². The van der Waals surface area contributed by atoms with Gasteiger partial charge in [0.25, 0.3) is 0 Å². The zero-order valence-corrected chi connectivity index (χ0v) is 34.1. The van der Waals surface area contributed by atoms with Gasteiger partial charge < -0.3 is 0 Å². The Labute approximate surface area is 327 Å². The summed E-state index contributed by atoms with van der Waals surface area (Å²) in [5.74, 6) is 0.844. The summed E-state index contributed by atoms with van der Waals surface area (Å²) in [6.45, 7) is 20.9. The standard InChI is InChI=1S/C51H67O3/c1-8-12-20-43(48(53)11-4)36-42-27-25-39(35-47(42)40-28-29-40)26-30-44(52)22-16-24-46(37(5)18-10-3)49(45-23-15-14-19-38(45)6)50(54)41-21-17-33-51(7,34-31-41)32-13-9-2/h8-9,14-15,19,23,25,27-29,35,41,43H,1-2,6,10-13,16-18,20-22,24,26,30-34,36H2,3-5,7H3/b46-37+,49-45+. The largest absolute Gasteiger partial charge is 0.300 e. The van der Waals surface area contributed by atoms with E-state index in [0.29, 0.717) is 37.9 Å². The van der Waals surface area contributed by atoms with Crippen molar-refractivity contribution in [3.05, 3.63) is 119 Å².